The molecule has 1 aliphatic rings. The first-order chi connectivity index (χ1) is 6.58. The van der Waals surface area contributed by atoms with Crippen LogP contribution in [-0.2, 0) is 4.79 Å². The minimum absolute atomic E-state index is 0.0710. The van der Waals surface area contributed by atoms with E-state index in [-0.39, 0.29) is 22.7 Å². The molecular weight excluding hydrogens is 212 g/mol. The van der Waals surface area contributed by atoms with Crippen molar-refractivity contribution < 1.29 is 9.90 Å². The van der Waals surface area contributed by atoms with Crippen molar-refractivity contribution in [3.63, 3.8) is 0 Å². The Balaban J connectivity index is 2.83. The van der Waals surface area contributed by atoms with Gasteiger partial charge in [-0.2, -0.15) is 0 Å². The van der Waals surface area contributed by atoms with E-state index >= 15 is 0 Å². The number of halogens is 1. The predicted octanol–water partition coefficient (Wildman–Crippen LogP) is 3.51. The normalized spacial score (nSPS) is 30.1. The van der Waals surface area contributed by atoms with Crippen LogP contribution >= 0.6 is 11.6 Å². The summed E-state index contributed by atoms with van der Waals surface area (Å²) in [5.41, 5.74) is -0.250. The van der Waals surface area contributed by atoms with E-state index in [1.807, 2.05) is 40.7 Å². The molecule has 1 N–H and O–H groups in total. The molecule has 0 amide bonds. The van der Waals surface area contributed by atoms with Crippen LogP contribution < -0.4 is 0 Å². The molecule has 0 aliphatic heterocycles. The van der Waals surface area contributed by atoms with E-state index in [2.05, 4.69) is 0 Å². The molecule has 0 aromatic heterocycles. The molecule has 0 saturated heterocycles. The van der Waals surface area contributed by atoms with Gasteiger partial charge in [0.1, 0.15) is 0 Å². The highest BCUT2D eigenvalue weighted by Crippen LogP contribution is 2.60. The molecule has 2 unspecified atom stereocenters. The fraction of sp³-hybridized carbons (Fsp3) is 0.750. The summed E-state index contributed by atoms with van der Waals surface area (Å²) >= 11 is 6.16. The molecule has 1 rings (SSSR count). The van der Waals surface area contributed by atoms with Crippen LogP contribution in [0.3, 0.4) is 0 Å². The van der Waals surface area contributed by atoms with Crippen LogP contribution in [0, 0.1) is 22.7 Å². The zero-order chi connectivity index (χ0) is 12.0. The highest BCUT2D eigenvalue weighted by molar-refractivity contribution is 6.30. The monoisotopic (exact) mass is 230 g/mol. The number of rotatable bonds is 2. The molecule has 0 aromatic rings. The molecule has 3 heteroatoms. The zero-order valence-corrected chi connectivity index (χ0v) is 10.7. The molecule has 0 heterocycles. The lowest BCUT2D eigenvalue weighted by Gasteiger charge is -2.17. The van der Waals surface area contributed by atoms with Crippen LogP contribution in [0.1, 0.15) is 34.6 Å². The predicted molar refractivity (Wildman–Crippen MR) is 61.8 cm³/mol. The van der Waals surface area contributed by atoms with E-state index in [1.165, 1.54) is 0 Å². The Morgan fingerprint density at radius 3 is 2.13 bits per heavy atom. The van der Waals surface area contributed by atoms with Gasteiger partial charge >= 0.3 is 5.97 Å². The van der Waals surface area contributed by atoms with E-state index in [0.29, 0.717) is 0 Å². The van der Waals surface area contributed by atoms with Gasteiger partial charge in [-0.1, -0.05) is 52.3 Å². The number of carbonyl (C=O) groups is 1. The summed E-state index contributed by atoms with van der Waals surface area (Å²) in [4.78, 5) is 10.9. The first-order valence-electron chi connectivity index (χ1n) is 5.19. The molecule has 0 radical (unpaired) electrons. The molecule has 1 aliphatic carbocycles. The van der Waals surface area contributed by atoms with Crippen LogP contribution in [0.4, 0.5) is 0 Å². The largest absolute Gasteiger partial charge is 0.481 e. The fourth-order valence-electron chi connectivity index (χ4n) is 1.87. The maximum Gasteiger partial charge on any atom is 0.307 e. The van der Waals surface area contributed by atoms with Crippen molar-refractivity contribution in [1.29, 1.82) is 0 Å². The molecular formula is C12H19ClO2. The number of hydrogen-bond acceptors (Lipinski definition) is 1. The summed E-state index contributed by atoms with van der Waals surface area (Å²) in [6, 6.07) is 0. The van der Waals surface area contributed by atoms with Crippen LogP contribution in [0.2, 0.25) is 0 Å². The van der Waals surface area contributed by atoms with Gasteiger partial charge in [-0.15, -0.1) is 0 Å². The van der Waals surface area contributed by atoms with Crippen LogP contribution in [-0.4, -0.2) is 11.1 Å². The lowest BCUT2D eigenvalue weighted by molar-refractivity contribution is -0.139. The third kappa shape index (κ3) is 2.36. The Morgan fingerprint density at radius 2 is 1.87 bits per heavy atom. The number of aliphatic carboxylic acids is 1. The maximum absolute atomic E-state index is 10.9. The van der Waals surface area contributed by atoms with E-state index in [0.717, 1.165) is 5.03 Å². The standard InChI is InChI=1S/C12H19ClO2/c1-11(2,3)8(13)6-7-9(10(14)15)12(7,4)5/h6-7,9H,1-5H3,(H,14,15)/b8-6-. The van der Waals surface area contributed by atoms with Crippen molar-refractivity contribution in [3.05, 3.63) is 11.1 Å². The van der Waals surface area contributed by atoms with Crippen molar-refractivity contribution in [2.24, 2.45) is 22.7 Å². The lowest BCUT2D eigenvalue weighted by atomic mass is 9.94. The molecule has 0 spiro atoms. The molecule has 1 saturated carbocycles. The van der Waals surface area contributed by atoms with Crippen molar-refractivity contribution in [1.82, 2.24) is 0 Å². The maximum atomic E-state index is 10.9. The van der Waals surface area contributed by atoms with Crippen LogP contribution in [0.25, 0.3) is 0 Å². The first-order valence-corrected chi connectivity index (χ1v) is 5.57. The minimum Gasteiger partial charge on any atom is -0.481 e. The Labute approximate surface area is 96.3 Å². The van der Waals surface area contributed by atoms with Crippen molar-refractivity contribution >= 4 is 17.6 Å². The lowest BCUT2D eigenvalue weighted by Crippen LogP contribution is -2.05. The molecule has 86 valence electrons. The Hall–Kier alpha value is -0.500. The third-order valence-corrected chi connectivity index (χ3v) is 3.91. The van der Waals surface area contributed by atoms with Gasteiger partial charge in [0.2, 0.25) is 0 Å². The second kappa shape index (κ2) is 3.51. The van der Waals surface area contributed by atoms with Crippen molar-refractivity contribution in [3.8, 4) is 0 Å². The van der Waals surface area contributed by atoms with Gasteiger partial charge in [-0.05, 0) is 16.7 Å². The van der Waals surface area contributed by atoms with E-state index in [9.17, 15) is 4.79 Å². The zero-order valence-electron chi connectivity index (χ0n) is 9.97. The molecule has 2 nitrogen and oxygen atoms in total. The number of allylic oxidation sites excluding steroid dienone is 2. The summed E-state index contributed by atoms with van der Waals surface area (Å²) < 4.78 is 0. The quantitative estimate of drug-likeness (QED) is 0.788. The molecule has 2 atom stereocenters. The molecule has 0 bridgehead atoms. The fourth-order valence-corrected chi connectivity index (χ4v) is 2.00. The Morgan fingerprint density at radius 1 is 1.40 bits per heavy atom. The molecule has 0 aromatic carbocycles. The summed E-state index contributed by atoms with van der Waals surface area (Å²) in [7, 11) is 0. The summed E-state index contributed by atoms with van der Waals surface area (Å²) in [6.45, 7) is 10.0. The van der Waals surface area contributed by atoms with Gasteiger partial charge < -0.3 is 5.11 Å². The second-order valence-electron chi connectivity index (χ2n) is 5.93. The average molecular weight is 231 g/mol. The molecule has 15 heavy (non-hydrogen) atoms. The van der Waals surface area contributed by atoms with Crippen LogP contribution in [0.15, 0.2) is 11.1 Å². The summed E-state index contributed by atoms with van der Waals surface area (Å²) in [5, 5.41) is 9.76. The number of hydrogen-bond donors (Lipinski definition) is 1. The van der Waals surface area contributed by atoms with Gasteiger partial charge in [0.25, 0.3) is 0 Å². The van der Waals surface area contributed by atoms with E-state index in [4.69, 9.17) is 16.7 Å². The van der Waals surface area contributed by atoms with Crippen LogP contribution in [0.5, 0.6) is 0 Å². The number of carboxylic acid groups (broad SMARTS) is 1. The van der Waals surface area contributed by atoms with Crippen molar-refractivity contribution in [2.75, 3.05) is 0 Å². The minimum atomic E-state index is -0.723. The van der Waals surface area contributed by atoms with Gasteiger partial charge in [0, 0.05) is 5.03 Å². The first kappa shape index (κ1) is 12.6. The Bertz CT molecular complexity index is 310. The van der Waals surface area contributed by atoms with E-state index < -0.39 is 5.97 Å². The highest BCUT2D eigenvalue weighted by Gasteiger charge is 2.61. The van der Waals surface area contributed by atoms with Crippen molar-refractivity contribution in [2.45, 2.75) is 34.6 Å². The SMILES string of the molecule is CC(C)(C)/C(Cl)=C/C1C(C(=O)O)C1(C)C. The highest BCUT2D eigenvalue weighted by atomic mass is 35.5. The average Bonchev–Trinajstić information content (AvgIpc) is 2.50. The van der Waals surface area contributed by atoms with Gasteiger partial charge in [0.15, 0.2) is 0 Å². The summed E-state index contributed by atoms with van der Waals surface area (Å²) in [6.07, 6.45) is 1.92. The van der Waals surface area contributed by atoms with Gasteiger partial charge in [0.05, 0.1) is 5.92 Å². The third-order valence-electron chi connectivity index (χ3n) is 3.22. The summed E-state index contributed by atoms with van der Waals surface area (Å²) in [5.74, 6) is -0.935. The second-order valence-corrected chi connectivity index (χ2v) is 6.33. The molecule has 1 fully saturated rings. The van der Waals surface area contributed by atoms with E-state index in [1.54, 1.807) is 0 Å². The topological polar surface area (TPSA) is 37.3 Å². The Kier molecular flexibility index (Phi) is 2.94. The smallest absolute Gasteiger partial charge is 0.307 e. The van der Waals surface area contributed by atoms with Gasteiger partial charge in [-0.3, -0.25) is 4.79 Å². The van der Waals surface area contributed by atoms with Gasteiger partial charge in [-0.25, -0.2) is 0 Å². The number of carboxylic acids is 1.